The van der Waals surface area contributed by atoms with Crippen molar-refractivity contribution >= 4 is 24.0 Å². The number of nitrogens with zero attached hydrogens (tertiary/aromatic N) is 6. The molecule has 1 unspecified atom stereocenters. The Bertz CT molecular complexity index is 2080. The molecule has 2 aromatic carbocycles. The zero-order valence-electron chi connectivity index (χ0n) is 34.2. The van der Waals surface area contributed by atoms with Gasteiger partial charge in [0.25, 0.3) is 0 Å². The molecule has 5 heterocycles. The van der Waals surface area contributed by atoms with Gasteiger partial charge in [0, 0.05) is 39.8 Å². The molecule has 4 aromatic rings. The van der Waals surface area contributed by atoms with Crippen LogP contribution in [0.25, 0.3) is 33.6 Å². The molecule has 0 bridgehead atoms. The third-order valence-electron chi connectivity index (χ3n) is 11.9. The van der Waals surface area contributed by atoms with Crippen molar-refractivity contribution in [2.24, 2.45) is 5.92 Å². The lowest BCUT2D eigenvalue weighted by Gasteiger charge is -2.34. The van der Waals surface area contributed by atoms with E-state index < -0.39 is 24.3 Å². The Morgan fingerprint density at radius 2 is 1.31 bits per heavy atom. The fourth-order valence-corrected chi connectivity index (χ4v) is 8.43. The van der Waals surface area contributed by atoms with E-state index in [0.29, 0.717) is 45.1 Å². The van der Waals surface area contributed by atoms with Crippen LogP contribution >= 0.6 is 0 Å². The van der Waals surface area contributed by atoms with Gasteiger partial charge in [-0.25, -0.2) is 19.6 Å². The number of alkyl carbamates (subject to hydrolysis) is 1. The lowest BCUT2D eigenvalue weighted by atomic mass is 10.0. The summed E-state index contributed by atoms with van der Waals surface area (Å²) in [7, 11) is 2.76. The number of H-pyrrole nitrogens is 2. The van der Waals surface area contributed by atoms with Crippen molar-refractivity contribution in [2.75, 3.05) is 60.1 Å². The highest BCUT2D eigenvalue weighted by molar-refractivity contribution is 5.87. The molecule has 16 nitrogen and oxygen atoms in total. The fourth-order valence-electron chi connectivity index (χ4n) is 8.43. The van der Waals surface area contributed by atoms with Gasteiger partial charge in [0.1, 0.15) is 23.7 Å². The third kappa shape index (κ3) is 9.28. The number of benzene rings is 2. The van der Waals surface area contributed by atoms with Gasteiger partial charge in [0.2, 0.25) is 11.8 Å². The smallest absolute Gasteiger partial charge is 0.407 e. The minimum absolute atomic E-state index is 0.110. The summed E-state index contributed by atoms with van der Waals surface area (Å²) < 4.78 is 10.2. The van der Waals surface area contributed by atoms with Crippen molar-refractivity contribution in [3.8, 4) is 33.6 Å². The van der Waals surface area contributed by atoms with Gasteiger partial charge in [0.15, 0.2) is 0 Å². The number of hydrogen-bond donors (Lipinski definition) is 4. The van der Waals surface area contributed by atoms with Gasteiger partial charge in [-0.2, -0.15) is 0 Å². The highest BCUT2D eigenvalue weighted by Crippen LogP contribution is 2.35. The number of amides is 4. The van der Waals surface area contributed by atoms with Crippen LogP contribution in [0.3, 0.4) is 0 Å². The number of rotatable bonds is 13. The number of imidazole rings is 2. The number of likely N-dealkylation sites (N-methyl/N-ethyl adjacent to an activating group) is 1. The summed E-state index contributed by atoms with van der Waals surface area (Å²) >= 11 is 0. The van der Waals surface area contributed by atoms with Gasteiger partial charge in [-0.05, 0) is 60.3 Å². The van der Waals surface area contributed by atoms with Crippen molar-refractivity contribution in [1.29, 1.82) is 0 Å². The molecule has 4 N–H and O–H groups in total. The maximum absolute atomic E-state index is 14.0. The van der Waals surface area contributed by atoms with Crippen LogP contribution in [-0.4, -0.2) is 141 Å². The molecular formula is C43H55N9O7. The van der Waals surface area contributed by atoms with E-state index in [1.807, 2.05) is 38.1 Å². The van der Waals surface area contributed by atoms with Crippen molar-refractivity contribution in [2.45, 2.75) is 70.1 Å². The Kier molecular flexibility index (Phi) is 13.0. The van der Waals surface area contributed by atoms with Crippen LogP contribution < -0.4 is 5.32 Å². The van der Waals surface area contributed by atoms with E-state index in [1.54, 1.807) is 22.2 Å². The van der Waals surface area contributed by atoms with Crippen molar-refractivity contribution < 1.29 is 33.8 Å². The highest BCUT2D eigenvalue weighted by Gasteiger charge is 2.39. The SMILES string of the molecule is COC(=O)N[C@H](C(=O)N1CCCC1c1ncc(-c2ccc(-c3ccc(-c4cnc([C@@H]5CCCN5C(=O)[C@H](CCN5CCOCC5)N(C)C(=O)O)[nH]4)cc3)cc2)[nH]1)C(C)C. The summed E-state index contributed by atoms with van der Waals surface area (Å²) in [6.45, 7) is 8.37. The predicted molar refractivity (Wildman–Crippen MR) is 220 cm³/mol. The number of carboxylic acid groups (broad SMARTS) is 1. The lowest BCUT2D eigenvalue weighted by Crippen LogP contribution is -2.51. The van der Waals surface area contributed by atoms with Crippen LogP contribution in [0.2, 0.25) is 0 Å². The lowest BCUT2D eigenvalue weighted by molar-refractivity contribution is -0.137. The number of aromatic nitrogens is 4. The number of hydrogen-bond acceptors (Lipinski definition) is 9. The van der Waals surface area contributed by atoms with Gasteiger partial charge >= 0.3 is 12.2 Å². The second kappa shape index (κ2) is 18.5. The average Bonchev–Trinajstić information content (AvgIpc) is 4.10. The monoisotopic (exact) mass is 809 g/mol. The van der Waals surface area contributed by atoms with Crippen LogP contribution in [0.15, 0.2) is 60.9 Å². The van der Waals surface area contributed by atoms with Gasteiger partial charge < -0.3 is 39.7 Å². The topological polar surface area (TPSA) is 189 Å². The minimum atomic E-state index is -1.12. The number of likely N-dealkylation sites (tertiary alicyclic amines) is 2. The third-order valence-corrected chi connectivity index (χ3v) is 11.9. The summed E-state index contributed by atoms with van der Waals surface area (Å²) in [6, 6.07) is 14.5. The predicted octanol–water partition coefficient (Wildman–Crippen LogP) is 5.54. The maximum Gasteiger partial charge on any atom is 0.407 e. The van der Waals surface area contributed by atoms with E-state index in [2.05, 4.69) is 49.4 Å². The summed E-state index contributed by atoms with van der Waals surface area (Å²) in [5, 5.41) is 12.5. The first kappa shape index (κ1) is 41.4. The summed E-state index contributed by atoms with van der Waals surface area (Å²) in [5.41, 5.74) is 5.71. The van der Waals surface area contributed by atoms with Gasteiger partial charge in [-0.1, -0.05) is 62.4 Å². The second-order valence-corrected chi connectivity index (χ2v) is 15.9. The van der Waals surface area contributed by atoms with Crippen LogP contribution in [0, 0.1) is 5.92 Å². The van der Waals surface area contributed by atoms with Gasteiger partial charge in [-0.3, -0.25) is 19.4 Å². The van der Waals surface area contributed by atoms with E-state index in [9.17, 15) is 24.3 Å². The van der Waals surface area contributed by atoms with E-state index >= 15 is 0 Å². The number of methoxy groups -OCH3 is 1. The molecule has 3 aliphatic rings. The number of aromatic amines is 2. The normalized spacial score (nSPS) is 19.5. The molecule has 2 aromatic heterocycles. The molecule has 4 amide bonds. The number of carbonyl (C=O) groups excluding carboxylic acids is 3. The Balaban J connectivity index is 0.988. The molecule has 59 heavy (non-hydrogen) atoms. The number of morpholine rings is 1. The zero-order valence-corrected chi connectivity index (χ0v) is 34.2. The Hall–Kier alpha value is -5.74. The molecule has 314 valence electrons. The molecule has 0 radical (unpaired) electrons. The van der Waals surface area contributed by atoms with E-state index in [0.717, 1.165) is 83.1 Å². The van der Waals surface area contributed by atoms with Gasteiger partial charge in [-0.15, -0.1) is 0 Å². The molecule has 16 heteroatoms. The molecular weight excluding hydrogens is 755 g/mol. The average molecular weight is 810 g/mol. The highest BCUT2D eigenvalue weighted by atomic mass is 16.5. The first-order valence-electron chi connectivity index (χ1n) is 20.5. The van der Waals surface area contributed by atoms with Crippen molar-refractivity contribution in [1.82, 2.24) is 44.9 Å². The number of ether oxygens (including phenoxy) is 2. The van der Waals surface area contributed by atoms with Crippen molar-refractivity contribution in [3.63, 3.8) is 0 Å². The number of nitrogens with one attached hydrogen (secondary N) is 3. The molecule has 3 aliphatic heterocycles. The zero-order chi connectivity index (χ0) is 41.6. The van der Waals surface area contributed by atoms with E-state index in [-0.39, 0.29) is 29.8 Å². The first-order chi connectivity index (χ1) is 28.5. The first-order valence-corrected chi connectivity index (χ1v) is 20.5. The maximum atomic E-state index is 14.0. The van der Waals surface area contributed by atoms with Gasteiger partial charge in [0.05, 0.1) is 56.2 Å². The summed E-state index contributed by atoms with van der Waals surface area (Å²) in [4.78, 5) is 74.7. The quantitative estimate of drug-likeness (QED) is 0.134. The van der Waals surface area contributed by atoms with Crippen LogP contribution in [-0.2, 0) is 19.1 Å². The van der Waals surface area contributed by atoms with E-state index in [4.69, 9.17) is 14.5 Å². The molecule has 3 saturated heterocycles. The standard InChI is InChI=1S/C43H55N9O7/c1-27(2)37(48-42(55)58-4)41(54)52-19-6-8-35(52)39-45-26-33(47-39)31-15-11-29(12-16-31)28-9-13-30(14-10-28)32-25-44-38(46-32)34-7-5-18-51(34)40(53)36(49(3)43(56)57)17-20-50-21-23-59-24-22-50/h9-16,25-27,34-37H,5-8,17-24H2,1-4H3,(H,44,46)(H,45,47)(H,48,55)(H,56,57)/t34-,35?,36-,37-/m0/s1. The van der Waals surface area contributed by atoms with E-state index in [1.165, 1.54) is 14.2 Å². The fraction of sp³-hybridized carbons (Fsp3) is 0.488. The Morgan fingerprint density at radius 1 is 0.814 bits per heavy atom. The second-order valence-electron chi connectivity index (χ2n) is 15.9. The van der Waals surface area contributed by atoms with Crippen LogP contribution in [0.1, 0.15) is 69.7 Å². The molecule has 7 rings (SSSR count). The summed E-state index contributed by atoms with van der Waals surface area (Å²) in [5.74, 6) is 0.967. The van der Waals surface area contributed by atoms with Crippen molar-refractivity contribution in [3.05, 3.63) is 72.6 Å². The molecule has 4 atom stereocenters. The molecule has 0 spiro atoms. The molecule has 0 saturated carbocycles. The minimum Gasteiger partial charge on any atom is -0.465 e. The Morgan fingerprint density at radius 3 is 1.78 bits per heavy atom. The Labute approximate surface area is 344 Å². The largest absolute Gasteiger partial charge is 0.465 e. The number of carbonyl (C=O) groups is 4. The summed E-state index contributed by atoms with van der Waals surface area (Å²) in [6.07, 6.45) is 5.42. The van der Waals surface area contributed by atoms with Crippen LogP contribution in [0.4, 0.5) is 9.59 Å². The molecule has 0 aliphatic carbocycles. The molecule has 3 fully saturated rings. The van der Waals surface area contributed by atoms with Crippen LogP contribution in [0.5, 0.6) is 0 Å².